The third-order valence-corrected chi connectivity index (χ3v) is 2.52. The normalized spacial score (nSPS) is 11.8. The summed E-state index contributed by atoms with van der Waals surface area (Å²) in [6.45, 7) is 4.14. The maximum atomic E-state index is 5.89. The molecule has 0 aliphatic carbocycles. The van der Waals surface area contributed by atoms with Crippen molar-refractivity contribution in [3.63, 3.8) is 0 Å². The van der Waals surface area contributed by atoms with E-state index in [2.05, 4.69) is 26.5 Å². The molecule has 0 bridgehead atoms. The largest absolute Gasteiger partial charge is 0.173 e. The van der Waals surface area contributed by atoms with Gasteiger partial charge in [-0.3, -0.25) is 0 Å². The molecule has 0 amide bonds. The molecule has 3 heteroatoms. The van der Waals surface area contributed by atoms with Crippen LogP contribution in [-0.2, 0) is 6.42 Å². The van der Waals surface area contributed by atoms with Crippen LogP contribution in [0.3, 0.4) is 0 Å². The van der Waals surface area contributed by atoms with E-state index in [1.807, 2.05) is 18.2 Å². The Balaban J connectivity index is 2.86. The van der Waals surface area contributed by atoms with E-state index in [1.54, 1.807) is 0 Å². The summed E-state index contributed by atoms with van der Waals surface area (Å²) in [6, 6.07) is 5.69. The Hall–Kier alpha value is 0.150. The molecule has 0 saturated carbocycles. The van der Waals surface area contributed by atoms with E-state index in [0.717, 1.165) is 12.0 Å². The van der Waals surface area contributed by atoms with Gasteiger partial charge in [-0.2, -0.15) is 12.6 Å². The van der Waals surface area contributed by atoms with Gasteiger partial charge in [-0.05, 0) is 24.1 Å². The van der Waals surface area contributed by atoms with Gasteiger partial charge in [0.2, 0.25) is 0 Å². The third-order valence-electron chi connectivity index (χ3n) is 1.62. The Morgan fingerprint density at radius 1 is 1.23 bits per heavy atom. The van der Waals surface area contributed by atoms with Gasteiger partial charge in [-0.15, -0.1) is 0 Å². The summed E-state index contributed by atoms with van der Waals surface area (Å²) in [5.74, 6) is 0. The van der Waals surface area contributed by atoms with E-state index < -0.39 is 0 Å². The SMILES string of the molecule is CC(C)(S)Cc1ccc(Cl)c(Cl)c1. The van der Waals surface area contributed by atoms with Crippen LogP contribution in [0.15, 0.2) is 18.2 Å². The van der Waals surface area contributed by atoms with Crippen molar-refractivity contribution >= 4 is 35.8 Å². The molecule has 0 fully saturated rings. The Kier molecular flexibility index (Phi) is 3.56. The lowest BCUT2D eigenvalue weighted by atomic mass is 10.0. The van der Waals surface area contributed by atoms with Gasteiger partial charge in [0.25, 0.3) is 0 Å². The topological polar surface area (TPSA) is 0 Å². The summed E-state index contributed by atoms with van der Waals surface area (Å²) < 4.78 is -0.0167. The van der Waals surface area contributed by atoms with Crippen molar-refractivity contribution in [1.82, 2.24) is 0 Å². The number of hydrogen-bond donors (Lipinski definition) is 1. The third kappa shape index (κ3) is 3.80. The van der Waals surface area contributed by atoms with E-state index in [4.69, 9.17) is 23.2 Å². The zero-order valence-electron chi connectivity index (χ0n) is 7.64. The lowest BCUT2D eigenvalue weighted by molar-refractivity contribution is 0.715. The Labute approximate surface area is 94.7 Å². The first kappa shape index (κ1) is 11.2. The monoisotopic (exact) mass is 234 g/mol. The Morgan fingerprint density at radius 3 is 2.31 bits per heavy atom. The second-order valence-electron chi connectivity index (χ2n) is 3.74. The zero-order valence-corrected chi connectivity index (χ0v) is 10.0. The van der Waals surface area contributed by atoms with Gasteiger partial charge in [-0.1, -0.05) is 43.1 Å². The van der Waals surface area contributed by atoms with Gasteiger partial charge in [0, 0.05) is 4.75 Å². The molecule has 13 heavy (non-hydrogen) atoms. The number of hydrogen-bond acceptors (Lipinski definition) is 1. The zero-order chi connectivity index (χ0) is 10.1. The van der Waals surface area contributed by atoms with Crippen molar-refractivity contribution < 1.29 is 0 Å². The van der Waals surface area contributed by atoms with E-state index in [0.29, 0.717) is 10.0 Å². The van der Waals surface area contributed by atoms with Crippen LogP contribution in [0, 0.1) is 0 Å². The maximum Gasteiger partial charge on any atom is 0.0595 e. The molecule has 0 aromatic heterocycles. The van der Waals surface area contributed by atoms with Crippen LogP contribution in [0.1, 0.15) is 19.4 Å². The van der Waals surface area contributed by atoms with Crippen LogP contribution in [-0.4, -0.2) is 4.75 Å². The second kappa shape index (κ2) is 4.12. The fraction of sp³-hybridized carbons (Fsp3) is 0.400. The highest BCUT2D eigenvalue weighted by Crippen LogP contribution is 2.26. The molecule has 1 rings (SSSR count). The highest BCUT2D eigenvalue weighted by Gasteiger charge is 2.12. The smallest absolute Gasteiger partial charge is 0.0595 e. The van der Waals surface area contributed by atoms with Crippen LogP contribution < -0.4 is 0 Å². The minimum absolute atomic E-state index is 0.0167. The minimum atomic E-state index is -0.0167. The molecule has 72 valence electrons. The summed E-state index contributed by atoms with van der Waals surface area (Å²) >= 11 is 16.1. The molecule has 1 aromatic rings. The molecule has 0 unspecified atom stereocenters. The van der Waals surface area contributed by atoms with Crippen molar-refractivity contribution in [3.8, 4) is 0 Å². The first-order chi connectivity index (χ1) is 5.88. The van der Waals surface area contributed by atoms with Crippen molar-refractivity contribution in [2.45, 2.75) is 25.0 Å². The lowest BCUT2D eigenvalue weighted by Crippen LogP contribution is -2.13. The highest BCUT2D eigenvalue weighted by molar-refractivity contribution is 7.81. The predicted octanol–water partition coefficient (Wildman–Crippen LogP) is 4.24. The van der Waals surface area contributed by atoms with Crippen LogP contribution >= 0.6 is 35.8 Å². The van der Waals surface area contributed by atoms with Crippen LogP contribution in [0.2, 0.25) is 10.0 Å². The van der Waals surface area contributed by atoms with Crippen molar-refractivity contribution in [3.05, 3.63) is 33.8 Å². The molecular weight excluding hydrogens is 223 g/mol. The van der Waals surface area contributed by atoms with Crippen molar-refractivity contribution in [2.75, 3.05) is 0 Å². The molecule has 0 radical (unpaired) electrons. The summed E-state index contributed by atoms with van der Waals surface area (Å²) in [6.07, 6.45) is 0.882. The number of rotatable bonds is 2. The standard InChI is InChI=1S/C10H12Cl2S/c1-10(2,13)6-7-3-4-8(11)9(12)5-7/h3-5,13H,6H2,1-2H3. The molecule has 0 atom stereocenters. The summed E-state index contributed by atoms with van der Waals surface area (Å²) in [4.78, 5) is 0. The van der Waals surface area contributed by atoms with Crippen LogP contribution in [0.5, 0.6) is 0 Å². The van der Waals surface area contributed by atoms with Gasteiger partial charge < -0.3 is 0 Å². The lowest BCUT2D eigenvalue weighted by Gasteiger charge is -2.17. The first-order valence-electron chi connectivity index (χ1n) is 4.05. The van der Waals surface area contributed by atoms with Gasteiger partial charge in [-0.25, -0.2) is 0 Å². The summed E-state index contributed by atoms with van der Waals surface area (Å²) in [7, 11) is 0. The molecule has 0 aliphatic heterocycles. The Bertz CT molecular complexity index is 302. The minimum Gasteiger partial charge on any atom is -0.173 e. The number of benzene rings is 1. The van der Waals surface area contributed by atoms with Crippen molar-refractivity contribution in [1.29, 1.82) is 0 Å². The van der Waals surface area contributed by atoms with Gasteiger partial charge in [0.1, 0.15) is 0 Å². The van der Waals surface area contributed by atoms with E-state index >= 15 is 0 Å². The van der Waals surface area contributed by atoms with Crippen LogP contribution in [0.4, 0.5) is 0 Å². The molecule has 0 spiro atoms. The molecule has 0 aliphatic rings. The summed E-state index contributed by atoms with van der Waals surface area (Å²) in [5.41, 5.74) is 1.16. The molecule has 0 N–H and O–H groups in total. The summed E-state index contributed by atoms with van der Waals surface area (Å²) in [5, 5.41) is 1.21. The van der Waals surface area contributed by atoms with Gasteiger partial charge >= 0.3 is 0 Å². The van der Waals surface area contributed by atoms with Gasteiger partial charge in [0.05, 0.1) is 10.0 Å². The predicted molar refractivity (Wildman–Crippen MR) is 63.2 cm³/mol. The molecule has 1 aromatic carbocycles. The molecule has 0 nitrogen and oxygen atoms in total. The molecule has 0 heterocycles. The van der Waals surface area contributed by atoms with E-state index in [9.17, 15) is 0 Å². The van der Waals surface area contributed by atoms with E-state index in [-0.39, 0.29) is 4.75 Å². The quantitative estimate of drug-likeness (QED) is 0.728. The second-order valence-corrected chi connectivity index (χ2v) is 5.76. The fourth-order valence-electron chi connectivity index (χ4n) is 1.15. The average molecular weight is 235 g/mol. The number of halogens is 2. The highest BCUT2D eigenvalue weighted by atomic mass is 35.5. The average Bonchev–Trinajstić information content (AvgIpc) is 1.94. The van der Waals surface area contributed by atoms with E-state index in [1.165, 1.54) is 0 Å². The Morgan fingerprint density at radius 2 is 1.85 bits per heavy atom. The van der Waals surface area contributed by atoms with Crippen molar-refractivity contribution in [2.24, 2.45) is 0 Å². The molecular formula is C10H12Cl2S. The maximum absolute atomic E-state index is 5.89. The number of thiol groups is 1. The fourth-order valence-corrected chi connectivity index (χ4v) is 1.65. The van der Waals surface area contributed by atoms with Gasteiger partial charge in [0.15, 0.2) is 0 Å². The molecule has 0 saturated heterocycles. The first-order valence-corrected chi connectivity index (χ1v) is 5.25. The van der Waals surface area contributed by atoms with Crippen LogP contribution in [0.25, 0.3) is 0 Å².